The summed E-state index contributed by atoms with van der Waals surface area (Å²) in [6.07, 6.45) is 4.12. The van der Waals surface area contributed by atoms with Gasteiger partial charge in [0.05, 0.1) is 0 Å². The predicted molar refractivity (Wildman–Crippen MR) is 53.1 cm³/mol. The molecule has 0 saturated carbocycles. The van der Waals surface area contributed by atoms with Gasteiger partial charge in [0.15, 0.2) is 0 Å². The average Bonchev–Trinajstić information content (AvgIpc) is 2.01. The molecule has 2 rings (SSSR count). The summed E-state index contributed by atoms with van der Waals surface area (Å²) < 4.78 is 5.75. The molecule has 68 valence electrons. The zero-order valence-corrected chi connectivity index (χ0v) is 8.48. The van der Waals surface area contributed by atoms with Gasteiger partial charge in [-0.25, -0.2) is 0 Å². The van der Waals surface area contributed by atoms with E-state index in [2.05, 4.69) is 6.42 Å². The Morgan fingerprint density at radius 2 is 2.23 bits per heavy atom. The molecule has 0 amide bonds. The molecule has 1 nitrogen and oxygen atoms in total. The highest BCUT2D eigenvalue weighted by molar-refractivity contribution is 6.30. The first kappa shape index (κ1) is 8.89. The summed E-state index contributed by atoms with van der Waals surface area (Å²) in [6, 6.07) is 5.63. The van der Waals surface area contributed by atoms with Crippen LogP contribution in [0, 0.1) is 6.42 Å². The van der Waals surface area contributed by atoms with Crippen LogP contribution in [0.2, 0.25) is 5.02 Å². The minimum atomic E-state index is -0.155. The molecule has 1 aliphatic heterocycles. The lowest BCUT2D eigenvalue weighted by Crippen LogP contribution is -2.31. The largest absolute Gasteiger partial charge is 0.487 e. The summed E-state index contributed by atoms with van der Waals surface area (Å²) >= 11 is 5.86. The first-order valence-corrected chi connectivity index (χ1v) is 4.67. The Bertz CT molecular complexity index is 331. The molecule has 0 aliphatic carbocycles. The molecule has 2 heteroatoms. The van der Waals surface area contributed by atoms with Crippen molar-refractivity contribution in [1.29, 1.82) is 0 Å². The van der Waals surface area contributed by atoms with Gasteiger partial charge in [0.1, 0.15) is 11.4 Å². The van der Waals surface area contributed by atoms with Crippen LogP contribution in [0.4, 0.5) is 0 Å². The number of benzene rings is 1. The molecular weight excluding hydrogens is 184 g/mol. The molecule has 0 fully saturated rings. The fraction of sp³-hybridized carbons (Fsp3) is 0.364. The van der Waals surface area contributed by atoms with Crippen LogP contribution in [-0.4, -0.2) is 5.60 Å². The minimum absolute atomic E-state index is 0.155. The SMILES string of the molecule is CC1(C)C[C]c2ccc(Cl)cc2O1. The summed E-state index contributed by atoms with van der Waals surface area (Å²) in [5.74, 6) is 0.837. The molecule has 0 N–H and O–H groups in total. The highest BCUT2D eigenvalue weighted by Crippen LogP contribution is 2.35. The van der Waals surface area contributed by atoms with Crippen LogP contribution >= 0.6 is 11.6 Å². The van der Waals surface area contributed by atoms with Gasteiger partial charge in [-0.05, 0) is 32.4 Å². The van der Waals surface area contributed by atoms with Crippen molar-refractivity contribution >= 4 is 11.6 Å². The third-order valence-electron chi connectivity index (χ3n) is 2.03. The molecule has 0 spiro atoms. The maximum atomic E-state index is 5.86. The van der Waals surface area contributed by atoms with E-state index in [-0.39, 0.29) is 5.60 Å². The first-order chi connectivity index (χ1) is 6.07. The fourth-order valence-corrected chi connectivity index (χ4v) is 1.53. The fourth-order valence-electron chi connectivity index (χ4n) is 1.37. The quantitative estimate of drug-likeness (QED) is 0.616. The van der Waals surface area contributed by atoms with Gasteiger partial charge in [0, 0.05) is 17.0 Å². The van der Waals surface area contributed by atoms with Gasteiger partial charge in [-0.3, -0.25) is 0 Å². The van der Waals surface area contributed by atoms with Gasteiger partial charge < -0.3 is 4.74 Å². The van der Waals surface area contributed by atoms with Crippen molar-refractivity contribution in [2.75, 3.05) is 0 Å². The van der Waals surface area contributed by atoms with E-state index in [9.17, 15) is 0 Å². The maximum Gasteiger partial charge on any atom is 0.125 e. The maximum absolute atomic E-state index is 5.86. The molecule has 0 unspecified atom stereocenters. The second kappa shape index (κ2) is 2.91. The molecule has 2 radical (unpaired) electrons. The second-order valence-electron chi connectivity index (χ2n) is 3.86. The summed E-state index contributed by atoms with van der Waals surface area (Å²) in [5, 5.41) is 0.707. The Morgan fingerprint density at radius 1 is 1.46 bits per heavy atom. The molecular formula is C11H11ClO. The Kier molecular flexibility index (Phi) is 1.99. The van der Waals surface area contributed by atoms with Crippen molar-refractivity contribution in [3.63, 3.8) is 0 Å². The average molecular weight is 195 g/mol. The van der Waals surface area contributed by atoms with E-state index in [0.29, 0.717) is 5.02 Å². The predicted octanol–water partition coefficient (Wildman–Crippen LogP) is 3.33. The van der Waals surface area contributed by atoms with Gasteiger partial charge >= 0.3 is 0 Å². The van der Waals surface area contributed by atoms with E-state index >= 15 is 0 Å². The third kappa shape index (κ3) is 1.80. The van der Waals surface area contributed by atoms with E-state index in [1.807, 2.05) is 32.0 Å². The molecule has 0 saturated heterocycles. The highest BCUT2D eigenvalue weighted by Gasteiger charge is 2.26. The molecule has 13 heavy (non-hydrogen) atoms. The standard InChI is InChI=1S/C11H11ClO/c1-11(2)6-5-8-3-4-9(12)7-10(8)13-11/h3-4,7H,6H2,1-2H3. The topological polar surface area (TPSA) is 9.23 Å². The van der Waals surface area contributed by atoms with Crippen LogP contribution in [0.5, 0.6) is 5.75 Å². The summed E-state index contributed by atoms with van der Waals surface area (Å²) in [6.45, 7) is 4.09. The monoisotopic (exact) mass is 194 g/mol. The Hall–Kier alpha value is -0.690. The summed E-state index contributed by atoms with van der Waals surface area (Å²) in [4.78, 5) is 0. The normalized spacial score (nSPS) is 19.0. The summed E-state index contributed by atoms with van der Waals surface area (Å²) in [7, 11) is 0. The molecule has 1 aliphatic rings. The number of rotatable bonds is 0. The highest BCUT2D eigenvalue weighted by atomic mass is 35.5. The Balaban J connectivity index is 2.38. The van der Waals surface area contributed by atoms with Gasteiger partial charge in [-0.2, -0.15) is 0 Å². The Labute approximate surface area is 83.7 Å². The lowest BCUT2D eigenvalue weighted by Gasteiger charge is -2.32. The van der Waals surface area contributed by atoms with E-state index in [1.54, 1.807) is 0 Å². The van der Waals surface area contributed by atoms with Crippen LogP contribution in [-0.2, 0) is 0 Å². The smallest absolute Gasteiger partial charge is 0.125 e. The molecule has 0 aromatic heterocycles. The molecule has 0 atom stereocenters. The summed E-state index contributed by atoms with van der Waals surface area (Å²) in [5.41, 5.74) is 0.862. The Morgan fingerprint density at radius 3 is 3.00 bits per heavy atom. The van der Waals surface area contributed by atoms with Crippen LogP contribution in [0.1, 0.15) is 25.8 Å². The van der Waals surface area contributed by atoms with E-state index in [1.165, 1.54) is 0 Å². The van der Waals surface area contributed by atoms with E-state index < -0.39 is 0 Å². The van der Waals surface area contributed by atoms with Crippen molar-refractivity contribution < 1.29 is 4.74 Å². The van der Waals surface area contributed by atoms with Gasteiger partial charge in [0.2, 0.25) is 0 Å². The van der Waals surface area contributed by atoms with Crippen molar-refractivity contribution in [2.24, 2.45) is 0 Å². The minimum Gasteiger partial charge on any atom is -0.487 e. The zero-order chi connectivity index (χ0) is 9.47. The van der Waals surface area contributed by atoms with Gasteiger partial charge in [-0.1, -0.05) is 17.7 Å². The first-order valence-electron chi connectivity index (χ1n) is 4.29. The number of ether oxygens (including phenoxy) is 1. The van der Waals surface area contributed by atoms with Gasteiger partial charge in [-0.15, -0.1) is 0 Å². The van der Waals surface area contributed by atoms with Crippen molar-refractivity contribution in [1.82, 2.24) is 0 Å². The van der Waals surface area contributed by atoms with Crippen LogP contribution in [0.15, 0.2) is 18.2 Å². The van der Waals surface area contributed by atoms with E-state index in [0.717, 1.165) is 17.7 Å². The van der Waals surface area contributed by atoms with Crippen LogP contribution in [0.25, 0.3) is 0 Å². The van der Waals surface area contributed by atoms with Gasteiger partial charge in [0.25, 0.3) is 0 Å². The third-order valence-corrected chi connectivity index (χ3v) is 2.27. The lowest BCUT2D eigenvalue weighted by molar-refractivity contribution is 0.0988. The van der Waals surface area contributed by atoms with Crippen LogP contribution < -0.4 is 4.74 Å². The van der Waals surface area contributed by atoms with Crippen molar-refractivity contribution in [2.45, 2.75) is 25.9 Å². The number of halogens is 1. The number of hydrogen-bond donors (Lipinski definition) is 0. The van der Waals surface area contributed by atoms with E-state index in [4.69, 9.17) is 16.3 Å². The second-order valence-corrected chi connectivity index (χ2v) is 4.29. The molecule has 0 bridgehead atoms. The van der Waals surface area contributed by atoms with Crippen LogP contribution in [0.3, 0.4) is 0 Å². The lowest BCUT2D eigenvalue weighted by atomic mass is 9.94. The number of hydrogen-bond acceptors (Lipinski definition) is 1. The number of fused-ring (bicyclic) bond motifs is 1. The van der Waals surface area contributed by atoms with Crippen molar-refractivity contribution in [3.05, 3.63) is 35.2 Å². The van der Waals surface area contributed by atoms with Crippen molar-refractivity contribution in [3.8, 4) is 5.75 Å². The molecule has 1 aromatic rings. The molecule has 1 heterocycles. The zero-order valence-electron chi connectivity index (χ0n) is 7.73. The molecule has 1 aromatic carbocycles.